The summed E-state index contributed by atoms with van der Waals surface area (Å²) < 4.78 is 4.93. The monoisotopic (exact) mass is 207 g/mol. The Morgan fingerprint density at radius 3 is 2.80 bits per heavy atom. The molecule has 15 heavy (non-hydrogen) atoms. The fourth-order valence-electron chi connectivity index (χ4n) is 1.35. The summed E-state index contributed by atoms with van der Waals surface area (Å²) in [6.45, 7) is 5.79. The van der Waals surface area contributed by atoms with Crippen LogP contribution in [-0.4, -0.2) is 12.6 Å². The number of esters is 1. The van der Waals surface area contributed by atoms with Gasteiger partial charge in [0, 0.05) is 18.5 Å². The number of hydrogen-bond acceptors (Lipinski definition) is 3. The van der Waals surface area contributed by atoms with Crippen molar-refractivity contribution < 1.29 is 9.53 Å². The molecule has 0 aliphatic heterocycles. The molecule has 2 N–H and O–H groups in total. The molecular weight excluding hydrogens is 190 g/mol. The van der Waals surface area contributed by atoms with Crippen molar-refractivity contribution in [2.45, 2.75) is 20.8 Å². The molecule has 3 heteroatoms. The Morgan fingerprint density at radius 2 is 2.20 bits per heavy atom. The van der Waals surface area contributed by atoms with E-state index in [4.69, 9.17) is 10.5 Å². The second-order valence-corrected chi connectivity index (χ2v) is 3.80. The topological polar surface area (TPSA) is 52.3 Å². The fourth-order valence-corrected chi connectivity index (χ4v) is 1.35. The molecule has 1 unspecified atom stereocenters. The standard InChI is InChI=1S/C12H17NO2/c1-8-6-11(7-15-10(3)14)4-5-12(13)9(8)2/h4-6,9H,7,13H2,1-3H3. The summed E-state index contributed by atoms with van der Waals surface area (Å²) in [5.74, 6) is -0.0210. The molecule has 0 bridgehead atoms. The molecule has 0 aromatic heterocycles. The Bertz CT molecular complexity index is 351. The van der Waals surface area contributed by atoms with Crippen molar-refractivity contribution in [3.8, 4) is 0 Å². The lowest BCUT2D eigenvalue weighted by atomic mass is 9.99. The van der Waals surface area contributed by atoms with Gasteiger partial charge in [-0.15, -0.1) is 0 Å². The molecule has 0 spiro atoms. The summed E-state index contributed by atoms with van der Waals surface area (Å²) in [4.78, 5) is 10.7. The van der Waals surface area contributed by atoms with Gasteiger partial charge in [0.25, 0.3) is 0 Å². The highest BCUT2D eigenvalue weighted by Crippen LogP contribution is 2.21. The molecular formula is C12H17NO2. The number of allylic oxidation sites excluding steroid dienone is 3. The van der Waals surface area contributed by atoms with Crippen LogP contribution in [0.1, 0.15) is 20.8 Å². The first kappa shape index (κ1) is 11.6. The largest absolute Gasteiger partial charge is 0.461 e. The van der Waals surface area contributed by atoms with Gasteiger partial charge in [0.15, 0.2) is 0 Å². The van der Waals surface area contributed by atoms with Crippen LogP contribution in [-0.2, 0) is 9.53 Å². The van der Waals surface area contributed by atoms with Gasteiger partial charge in [-0.2, -0.15) is 0 Å². The Balaban J connectivity index is 2.78. The van der Waals surface area contributed by atoms with Gasteiger partial charge in [-0.25, -0.2) is 0 Å². The average molecular weight is 207 g/mol. The Labute approximate surface area is 90.3 Å². The lowest BCUT2D eigenvalue weighted by Crippen LogP contribution is -2.08. The third-order valence-corrected chi connectivity index (χ3v) is 2.53. The first-order valence-electron chi connectivity index (χ1n) is 4.98. The zero-order chi connectivity index (χ0) is 11.4. The minimum atomic E-state index is -0.267. The third kappa shape index (κ3) is 3.27. The van der Waals surface area contributed by atoms with Gasteiger partial charge >= 0.3 is 5.97 Å². The van der Waals surface area contributed by atoms with E-state index in [2.05, 4.69) is 6.92 Å². The zero-order valence-electron chi connectivity index (χ0n) is 9.41. The summed E-state index contributed by atoms with van der Waals surface area (Å²) >= 11 is 0. The molecule has 1 aliphatic rings. The summed E-state index contributed by atoms with van der Waals surface area (Å²) in [6.07, 6.45) is 5.78. The molecule has 3 nitrogen and oxygen atoms in total. The summed E-state index contributed by atoms with van der Waals surface area (Å²) in [7, 11) is 0. The van der Waals surface area contributed by atoms with Crippen LogP contribution in [0.15, 0.2) is 35.1 Å². The van der Waals surface area contributed by atoms with E-state index in [1.54, 1.807) is 0 Å². The molecule has 0 saturated carbocycles. The second-order valence-electron chi connectivity index (χ2n) is 3.80. The van der Waals surface area contributed by atoms with Crippen LogP contribution >= 0.6 is 0 Å². The van der Waals surface area contributed by atoms with Crippen molar-refractivity contribution in [3.63, 3.8) is 0 Å². The molecule has 0 aromatic carbocycles. The molecule has 0 fully saturated rings. The van der Waals surface area contributed by atoms with Crippen LogP contribution in [0, 0.1) is 5.92 Å². The highest BCUT2D eigenvalue weighted by molar-refractivity contribution is 5.66. The smallest absolute Gasteiger partial charge is 0.302 e. The fraction of sp³-hybridized carbons (Fsp3) is 0.417. The van der Waals surface area contributed by atoms with Crippen LogP contribution in [0.5, 0.6) is 0 Å². The lowest BCUT2D eigenvalue weighted by Gasteiger charge is -2.10. The van der Waals surface area contributed by atoms with Crippen LogP contribution in [0.4, 0.5) is 0 Å². The van der Waals surface area contributed by atoms with Crippen molar-refractivity contribution in [2.75, 3.05) is 6.61 Å². The van der Waals surface area contributed by atoms with Crippen LogP contribution in [0.2, 0.25) is 0 Å². The van der Waals surface area contributed by atoms with Gasteiger partial charge in [-0.3, -0.25) is 4.79 Å². The molecule has 0 aromatic rings. The molecule has 0 amide bonds. The lowest BCUT2D eigenvalue weighted by molar-refractivity contribution is -0.139. The van der Waals surface area contributed by atoms with Crippen LogP contribution in [0.3, 0.4) is 0 Å². The number of ether oxygens (including phenoxy) is 1. The van der Waals surface area contributed by atoms with Crippen LogP contribution < -0.4 is 5.73 Å². The minimum Gasteiger partial charge on any atom is -0.461 e. The van der Waals surface area contributed by atoms with E-state index in [1.165, 1.54) is 12.5 Å². The van der Waals surface area contributed by atoms with Gasteiger partial charge in [0.05, 0.1) is 0 Å². The number of hydrogen-bond donors (Lipinski definition) is 1. The second kappa shape index (κ2) is 4.82. The van der Waals surface area contributed by atoms with E-state index in [1.807, 2.05) is 25.2 Å². The summed E-state index contributed by atoms with van der Waals surface area (Å²) in [6, 6.07) is 0. The van der Waals surface area contributed by atoms with E-state index in [-0.39, 0.29) is 11.9 Å². The van der Waals surface area contributed by atoms with E-state index in [0.717, 1.165) is 11.3 Å². The quantitative estimate of drug-likeness (QED) is 0.704. The third-order valence-electron chi connectivity index (χ3n) is 2.53. The normalized spacial score (nSPS) is 21.0. The van der Waals surface area contributed by atoms with Crippen molar-refractivity contribution in [1.82, 2.24) is 0 Å². The predicted octanol–water partition coefficient (Wildman–Crippen LogP) is 1.91. The van der Waals surface area contributed by atoms with E-state index < -0.39 is 0 Å². The Kier molecular flexibility index (Phi) is 3.72. The highest BCUT2D eigenvalue weighted by Gasteiger charge is 2.10. The van der Waals surface area contributed by atoms with Gasteiger partial charge in [0.1, 0.15) is 6.61 Å². The molecule has 82 valence electrons. The van der Waals surface area contributed by atoms with Gasteiger partial charge in [-0.1, -0.05) is 24.6 Å². The maximum Gasteiger partial charge on any atom is 0.302 e. The molecule has 1 rings (SSSR count). The number of carbonyl (C=O) groups is 1. The highest BCUT2D eigenvalue weighted by atomic mass is 16.5. The van der Waals surface area contributed by atoms with E-state index in [0.29, 0.717) is 6.61 Å². The van der Waals surface area contributed by atoms with Gasteiger partial charge in [-0.05, 0) is 18.6 Å². The summed E-state index contributed by atoms with van der Waals surface area (Å²) in [5, 5.41) is 0. The van der Waals surface area contributed by atoms with Crippen molar-refractivity contribution in [3.05, 3.63) is 35.1 Å². The summed E-state index contributed by atoms with van der Waals surface area (Å²) in [5.41, 5.74) is 8.84. The average Bonchev–Trinajstić information content (AvgIpc) is 2.29. The van der Waals surface area contributed by atoms with Crippen LogP contribution in [0.25, 0.3) is 0 Å². The maximum atomic E-state index is 10.7. The molecule has 1 aliphatic carbocycles. The first-order valence-corrected chi connectivity index (χ1v) is 4.98. The van der Waals surface area contributed by atoms with Crippen molar-refractivity contribution in [2.24, 2.45) is 11.7 Å². The molecule has 1 atom stereocenters. The first-order chi connectivity index (χ1) is 7.00. The Hall–Kier alpha value is -1.51. The van der Waals surface area contributed by atoms with Gasteiger partial charge in [0.2, 0.25) is 0 Å². The van der Waals surface area contributed by atoms with E-state index in [9.17, 15) is 4.79 Å². The molecule has 0 saturated heterocycles. The zero-order valence-corrected chi connectivity index (χ0v) is 9.41. The predicted molar refractivity (Wildman–Crippen MR) is 59.9 cm³/mol. The van der Waals surface area contributed by atoms with Gasteiger partial charge < -0.3 is 10.5 Å². The maximum absolute atomic E-state index is 10.7. The van der Waals surface area contributed by atoms with E-state index >= 15 is 0 Å². The van der Waals surface area contributed by atoms with Crippen molar-refractivity contribution in [1.29, 1.82) is 0 Å². The molecule has 0 heterocycles. The number of nitrogens with two attached hydrogens (primary N) is 1. The number of rotatable bonds is 2. The number of carbonyl (C=O) groups excluding carboxylic acids is 1. The molecule has 0 radical (unpaired) electrons. The SMILES string of the molecule is CC(=O)OCC1=CC=C(N)C(C)C(C)=C1. The Morgan fingerprint density at radius 1 is 1.53 bits per heavy atom. The van der Waals surface area contributed by atoms with Crippen molar-refractivity contribution >= 4 is 5.97 Å². The minimum absolute atomic E-state index is 0.246.